The Labute approximate surface area is 251 Å². The second-order valence-electron chi connectivity index (χ2n) is 10.2. The van der Waals surface area contributed by atoms with E-state index in [9.17, 15) is 19.2 Å². The molecule has 0 bridgehead atoms. The van der Waals surface area contributed by atoms with Gasteiger partial charge in [0.25, 0.3) is 0 Å². The zero-order valence-corrected chi connectivity index (χ0v) is 24.2. The highest BCUT2D eigenvalue weighted by Crippen LogP contribution is 2.18. The number of nitrogens with one attached hydrogen (secondary N) is 2. The first-order valence-electron chi connectivity index (χ1n) is 14.0. The number of carbonyl (C=O) groups is 4. The molecule has 0 heterocycles. The van der Waals surface area contributed by atoms with Crippen molar-refractivity contribution in [2.24, 2.45) is 0 Å². The number of hydrogen-bond donors (Lipinski definition) is 2. The van der Waals surface area contributed by atoms with E-state index in [4.69, 9.17) is 9.47 Å². The summed E-state index contributed by atoms with van der Waals surface area (Å²) in [7, 11) is 0. The molecule has 0 aliphatic carbocycles. The van der Waals surface area contributed by atoms with Crippen LogP contribution in [0.2, 0.25) is 0 Å². The number of hydrogen-bond acceptors (Lipinski definition) is 6. The van der Waals surface area contributed by atoms with Gasteiger partial charge in [-0.1, -0.05) is 59.7 Å². The Kier molecular flexibility index (Phi) is 10.8. The average Bonchev–Trinajstić information content (AvgIpc) is 2.99. The Morgan fingerprint density at radius 1 is 0.488 bits per heavy atom. The zero-order valence-electron chi connectivity index (χ0n) is 24.2. The van der Waals surface area contributed by atoms with E-state index in [0.717, 1.165) is 22.3 Å². The van der Waals surface area contributed by atoms with Crippen LogP contribution in [0.15, 0.2) is 97.1 Å². The number of carbonyl (C=O) groups excluding carboxylic acids is 4. The fourth-order valence-electron chi connectivity index (χ4n) is 4.10. The molecular formula is C35H34N2O6. The monoisotopic (exact) mass is 578 g/mol. The Morgan fingerprint density at radius 2 is 0.837 bits per heavy atom. The molecule has 8 nitrogen and oxygen atoms in total. The Bertz CT molecular complexity index is 1430. The van der Waals surface area contributed by atoms with Crippen LogP contribution in [0, 0.1) is 13.8 Å². The molecule has 0 unspecified atom stereocenters. The van der Waals surface area contributed by atoms with Crippen molar-refractivity contribution in [3.05, 3.63) is 119 Å². The predicted molar refractivity (Wildman–Crippen MR) is 165 cm³/mol. The molecule has 4 rings (SSSR count). The molecule has 0 aliphatic rings. The molecule has 0 spiro atoms. The van der Waals surface area contributed by atoms with Crippen LogP contribution in [-0.4, -0.2) is 23.8 Å². The first-order valence-corrected chi connectivity index (χ1v) is 14.0. The highest BCUT2D eigenvalue weighted by molar-refractivity contribution is 5.93. The fraction of sp³-hybridized carbons (Fsp3) is 0.200. The lowest BCUT2D eigenvalue weighted by atomic mass is 10.0. The van der Waals surface area contributed by atoms with Crippen molar-refractivity contribution >= 4 is 35.1 Å². The number of ether oxygens (including phenoxy) is 2. The number of anilines is 2. The minimum Gasteiger partial charge on any atom is -0.427 e. The average molecular weight is 579 g/mol. The van der Waals surface area contributed by atoms with Crippen LogP contribution in [0.1, 0.15) is 47.9 Å². The number of esters is 2. The Hall–Kier alpha value is -5.24. The lowest BCUT2D eigenvalue weighted by molar-refractivity contribution is -0.136. The van der Waals surface area contributed by atoms with Crippen LogP contribution in [0.4, 0.5) is 11.4 Å². The minimum atomic E-state index is -0.460. The molecule has 4 aromatic carbocycles. The molecule has 0 aliphatic heterocycles. The van der Waals surface area contributed by atoms with Gasteiger partial charge in [-0.3, -0.25) is 19.2 Å². The third kappa shape index (κ3) is 10.6. The summed E-state index contributed by atoms with van der Waals surface area (Å²) >= 11 is 0. The Morgan fingerprint density at radius 3 is 1.19 bits per heavy atom. The van der Waals surface area contributed by atoms with E-state index in [1.54, 1.807) is 24.3 Å². The Balaban J connectivity index is 1.16. The van der Waals surface area contributed by atoms with Gasteiger partial charge in [0.2, 0.25) is 11.8 Å². The van der Waals surface area contributed by atoms with Crippen molar-refractivity contribution in [1.29, 1.82) is 0 Å². The molecule has 0 fully saturated rings. The summed E-state index contributed by atoms with van der Waals surface area (Å²) in [6, 6.07) is 29.3. The smallest absolute Gasteiger partial charge is 0.311 e. The molecule has 2 amide bonds. The van der Waals surface area contributed by atoms with Gasteiger partial charge in [-0.05, 0) is 79.9 Å². The standard InChI is InChI=1S/C35H34N2O6/c1-24-3-15-30(16-4-24)42-34(40)21-19-32(38)36-28-11-7-26(8-12-28)23-27-9-13-29(14-10-27)37-33(39)20-22-35(41)43-31-17-5-25(2)6-18-31/h3-18H,19-23H2,1-2H3,(H,36,38)(H,37,39). The summed E-state index contributed by atoms with van der Waals surface area (Å²) in [4.78, 5) is 48.6. The molecule has 8 heteroatoms. The van der Waals surface area contributed by atoms with E-state index >= 15 is 0 Å². The van der Waals surface area contributed by atoms with Crippen molar-refractivity contribution < 1.29 is 28.7 Å². The lowest BCUT2D eigenvalue weighted by Gasteiger charge is -2.09. The van der Waals surface area contributed by atoms with Crippen molar-refractivity contribution in [2.45, 2.75) is 46.0 Å². The highest BCUT2D eigenvalue weighted by atomic mass is 16.5. The zero-order chi connectivity index (χ0) is 30.6. The molecule has 0 saturated heterocycles. The first kappa shape index (κ1) is 30.7. The SMILES string of the molecule is Cc1ccc(OC(=O)CCC(=O)Nc2ccc(Cc3ccc(NC(=O)CCC(=O)Oc4ccc(C)cc4)cc3)cc2)cc1. The molecule has 0 atom stereocenters. The van der Waals surface area contributed by atoms with E-state index in [2.05, 4.69) is 10.6 Å². The highest BCUT2D eigenvalue weighted by Gasteiger charge is 2.11. The number of aryl methyl sites for hydroxylation is 2. The normalized spacial score (nSPS) is 10.5. The predicted octanol–water partition coefficient (Wildman–Crippen LogP) is 6.54. The van der Waals surface area contributed by atoms with Crippen LogP contribution in [0.3, 0.4) is 0 Å². The van der Waals surface area contributed by atoms with Gasteiger partial charge in [0.1, 0.15) is 11.5 Å². The van der Waals surface area contributed by atoms with Gasteiger partial charge in [-0.25, -0.2) is 0 Å². The third-order valence-corrected chi connectivity index (χ3v) is 6.50. The first-order chi connectivity index (χ1) is 20.7. The van der Waals surface area contributed by atoms with Gasteiger partial charge in [0.15, 0.2) is 0 Å². The van der Waals surface area contributed by atoms with E-state index < -0.39 is 11.9 Å². The number of amides is 2. The van der Waals surface area contributed by atoms with Crippen molar-refractivity contribution in [2.75, 3.05) is 10.6 Å². The fourth-order valence-corrected chi connectivity index (χ4v) is 4.10. The lowest BCUT2D eigenvalue weighted by Crippen LogP contribution is -2.16. The number of rotatable bonds is 12. The summed E-state index contributed by atoms with van der Waals surface area (Å²) in [6.45, 7) is 3.89. The molecule has 43 heavy (non-hydrogen) atoms. The van der Waals surface area contributed by atoms with Gasteiger partial charge < -0.3 is 20.1 Å². The summed E-state index contributed by atoms with van der Waals surface area (Å²) in [5, 5.41) is 5.60. The van der Waals surface area contributed by atoms with Crippen LogP contribution >= 0.6 is 0 Å². The summed E-state index contributed by atoms with van der Waals surface area (Å²) in [5.74, 6) is -0.542. The van der Waals surface area contributed by atoms with Crippen LogP contribution in [0.5, 0.6) is 11.5 Å². The molecule has 2 N–H and O–H groups in total. The van der Waals surface area contributed by atoms with Gasteiger partial charge in [-0.15, -0.1) is 0 Å². The van der Waals surface area contributed by atoms with Crippen LogP contribution in [0.25, 0.3) is 0 Å². The van der Waals surface area contributed by atoms with E-state index in [1.807, 2.05) is 86.6 Å². The molecule has 220 valence electrons. The van der Waals surface area contributed by atoms with E-state index in [-0.39, 0.29) is 37.5 Å². The van der Waals surface area contributed by atoms with Crippen molar-refractivity contribution in [3.63, 3.8) is 0 Å². The quantitative estimate of drug-likeness (QED) is 0.146. The molecular weight excluding hydrogens is 544 g/mol. The van der Waals surface area contributed by atoms with Crippen molar-refractivity contribution in [3.8, 4) is 11.5 Å². The van der Waals surface area contributed by atoms with E-state index in [0.29, 0.717) is 29.3 Å². The summed E-state index contributed by atoms with van der Waals surface area (Å²) in [6.07, 6.45) is 0.668. The van der Waals surface area contributed by atoms with Gasteiger partial charge in [0.05, 0.1) is 12.8 Å². The maximum Gasteiger partial charge on any atom is 0.311 e. The van der Waals surface area contributed by atoms with Gasteiger partial charge in [0, 0.05) is 24.2 Å². The summed E-state index contributed by atoms with van der Waals surface area (Å²) < 4.78 is 10.5. The van der Waals surface area contributed by atoms with E-state index in [1.165, 1.54) is 0 Å². The van der Waals surface area contributed by atoms with Crippen LogP contribution < -0.4 is 20.1 Å². The van der Waals surface area contributed by atoms with Crippen molar-refractivity contribution in [1.82, 2.24) is 0 Å². The van der Waals surface area contributed by atoms with Gasteiger partial charge >= 0.3 is 11.9 Å². The summed E-state index contributed by atoms with van der Waals surface area (Å²) in [5.41, 5.74) is 5.50. The van der Waals surface area contributed by atoms with Gasteiger partial charge in [-0.2, -0.15) is 0 Å². The second kappa shape index (κ2) is 15.1. The third-order valence-electron chi connectivity index (χ3n) is 6.50. The maximum absolute atomic E-state index is 12.3. The molecule has 4 aromatic rings. The maximum atomic E-state index is 12.3. The molecule has 0 saturated carbocycles. The largest absolute Gasteiger partial charge is 0.427 e. The molecule has 0 radical (unpaired) electrons. The second-order valence-corrected chi connectivity index (χ2v) is 10.2. The topological polar surface area (TPSA) is 111 Å². The number of benzene rings is 4. The molecule has 0 aromatic heterocycles. The minimum absolute atomic E-state index is 0.0190. The van der Waals surface area contributed by atoms with Crippen LogP contribution in [-0.2, 0) is 25.6 Å².